The number of ether oxygens (including phenoxy) is 1. The van der Waals surface area contributed by atoms with Crippen LogP contribution in [0.5, 0.6) is 5.75 Å². The Balaban J connectivity index is 2.37. The Labute approximate surface area is 173 Å². The molecule has 0 bridgehead atoms. The molecule has 0 aliphatic carbocycles. The molecule has 1 unspecified atom stereocenters. The number of sulfonamides is 1. The van der Waals surface area contributed by atoms with Crippen molar-refractivity contribution in [3.63, 3.8) is 0 Å². The number of benzene rings is 2. The molecule has 158 valence electrons. The number of carbonyl (C=O) groups excluding carboxylic acids is 1. The van der Waals surface area contributed by atoms with Crippen LogP contribution in [0.25, 0.3) is 0 Å². The minimum atomic E-state index is -3.83. The molecule has 1 atom stereocenters. The van der Waals surface area contributed by atoms with Gasteiger partial charge in [0.1, 0.15) is 5.75 Å². The molecule has 7 heteroatoms. The number of carbonyl (C=O) groups is 1. The number of aryl methyl sites for hydroxylation is 2. The van der Waals surface area contributed by atoms with E-state index in [2.05, 4.69) is 5.32 Å². The summed E-state index contributed by atoms with van der Waals surface area (Å²) in [5, 5.41) is 2.88. The van der Waals surface area contributed by atoms with Gasteiger partial charge in [-0.15, -0.1) is 0 Å². The zero-order valence-electron chi connectivity index (χ0n) is 17.7. The van der Waals surface area contributed by atoms with Crippen molar-refractivity contribution in [3.05, 3.63) is 53.6 Å². The van der Waals surface area contributed by atoms with Gasteiger partial charge in [0, 0.05) is 19.0 Å². The average molecular weight is 419 g/mol. The van der Waals surface area contributed by atoms with Gasteiger partial charge in [-0.1, -0.05) is 13.0 Å². The van der Waals surface area contributed by atoms with Gasteiger partial charge < -0.3 is 10.1 Å². The third kappa shape index (κ3) is 5.73. The fraction of sp³-hybridized carbons (Fsp3) is 0.409. The molecule has 2 aromatic rings. The molecule has 1 amide bonds. The fourth-order valence-electron chi connectivity index (χ4n) is 2.79. The van der Waals surface area contributed by atoms with E-state index in [9.17, 15) is 13.2 Å². The lowest BCUT2D eigenvalue weighted by molar-refractivity contribution is -0.121. The maximum Gasteiger partial charge on any atom is 0.264 e. The first-order valence-electron chi connectivity index (χ1n) is 9.72. The van der Waals surface area contributed by atoms with E-state index in [1.54, 1.807) is 49.6 Å². The maximum atomic E-state index is 13.4. The van der Waals surface area contributed by atoms with Crippen molar-refractivity contribution in [1.82, 2.24) is 5.32 Å². The zero-order chi connectivity index (χ0) is 21.6. The van der Waals surface area contributed by atoms with Crippen LogP contribution in [0.2, 0.25) is 0 Å². The van der Waals surface area contributed by atoms with E-state index >= 15 is 0 Å². The summed E-state index contributed by atoms with van der Waals surface area (Å²) in [6, 6.07) is 11.9. The number of nitrogens with one attached hydrogen (secondary N) is 1. The van der Waals surface area contributed by atoms with Gasteiger partial charge in [0.05, 0.1) is 17.7 Å². The molecule has 0 saturated heterocycles. The summed E-state index contributed by atoms with van der Waals surface area (Å²) in [5.74, 6) is 0.458. The molecule has 0 radical (unpaired) electrons. The van der Waals surface area contributed by atoms with Crippen LogP contribution in [0.4, 0.5) is 5.69 Å². The highest BCUT2D eigenvalue weighted by Crippen LogP contribution is 2.27. The van der Waals surface area contributed by atoms with Crippen molar-refractivity contribution >= 4 is 21.6 Å². The molecule has 6 nitrogen and oxygen atoms in total. The fourth-order valence-corrected chi connectivity index (χ4v) is 4.34. The van der Waals surface area contributed by atoms with Gasteiger partial charge in [0.25, 0.3) is 10.0 Å². The van der Waals surface area contributed by atoms with E-state index in [1.165, 1.54) is 4.31 Å². The van der Waals surface area contributed by atoms with Crippen LogP contribution in [0, 0.1) is 13.8 Å². The highest BCUT2D eigenvalue weighted by atomic mass is 32.2. The van der Waals surface area contributed by atoms with E-state index in [1.807, 2.05) is 27.7 Å². The first-order valence-corrected chi connectivity index (χ1v) is 11.2. The molecule has 0 spiro atoms. The highest BCUT2D eigenvalue weighted by Gasteiger charge is 2.26. The summed E-state index contributed by atoms with van der Waals surface area (Å²) in [4.78, 5) is 12.5. The normalized spacial score (nSPS) is 12.3. The second-order valence-corrected chi connectivity index (χ2v) is 9.01. The Morgan fingerprint density at radius 2 is 1.76 bits per heavy atom. The van der Waals surface area contributed by atoms with Crippen LogP contribution < -0.4 is 14.4 Å². The van der Waals surface area contributed by atoms with Crippen molar-refractivity contribution in [3.8, 4) is 5.75 Å². The first kappa shape index (κ1) is 22.7. The molecule has 2 rings (SSSR count). The molecule has 0 saturated carbocycles. The van der Waals surface area contributed by atoms with Crippen LogP contribution in [-0.2, 0) is 14.8 Å². The van der Waals surface area contributed by atoms with E-state index in [0.717, 1.165) is 17.5 Å². The molecule has 0 heterocycles. The summed E-state index contributed by atoms with van der Waals surface area (Å²) in [6.45, 7) is 7.77. The van der Waals surface area contributed by atoms with Crippen LogP contribution in [0.3, 0.4) is 0 Å². The third-order valence-electron chi connectivity index (χ3n) is 4.99. The molecule has 0 aromatic heterocycles. The van der Waals surface area contributed by atoms with E-state index in [0.29, 0.717) is 11.4 Å². The lowest BCUT2D eigenvalue weighted by atomic mass is 10.1. The number of hydrogen-bond acceptors (Lipinski definition) is 4. The van der Waals surface area contributed by atoms with Crippen LogP contribution in [-0.4, -0.2) is 34.0 Å². The Kier molecular flexibility index (Phi) is 7.67. The van der Waals surface area contributed by atoms with Gasteiger partial charge in [-0.3, -0.25) is 9.10 Å². The molecule has 1 N–H and O–H groups in total. The molecule has 0 aliphatic heterocycles. The van der Waals surface area contributed by atoms with Crippen LogP contribution >= 0.6 is 0 Å². The zero-order valence-corrected chi connectivity index (χ0v) is 18.5. The topological polar surface area (TPSA) is 75.7 Å². The number of rotatable bonds is 9. The molecule has 29 heavy (non-hydrogen) atoms. The monoisotopic (exact) mass is 418 g/mol. The highest BCUT2D eigenvalue weighted by molar-refractivity contribution is 7.92. The van der Waals surface area contributed by atoms with Crippen molar-refractivity contribution in [2.45, 2.75) is 51.5 Å². The van der Waals surface area contributed by atoms with E-state index in [4.69, 9.17) is 4.74 Å². The van der Waals surface area contributed by atoms with Crippen molar-refractivity contribution in [2.75, 3.05) is 18.0 Å². The second-order valence-electron chi connectivity index (χ2n) is 7.15. The standard InChI is InChI=1S/C22H30N2O4S/c1-6-18(4)23-22(25)13-14-24(19-8-10-20(28-5)11-9-19)29(26,27)21-12-7-16(2)17(3)15-21/h7-12,15,18H,6,13-14H2,1-5H3,(H,23,25). The third-order valence-corrected chi connectivity index (χ3v) is 6.81. The quantitative estimate of drug-likeness (QED) is 0.672. The lowest BCUT2D eigenvalue weighted by Gasteiger charge is -2.25. The predicted octanol–water partition coefficient (Wildman–Crippen LogP) is 3.81. The summed E-state index contributed by atoms with van der Waals surface area (Å²) in [5.41, 5.74) is 2.41. The van der Waals surface area contributed by atoms with Crippen LogP contribution in [0.15, 0.2) is 47.4 Å². The first-order chi connectivity index (χ1) is 13.7. The Morgan fingerprint density at radius 3 is 2.31 bits per heavy atom. The molecule has 0 aliphatic rings. The average Bonchev–Trinajstić information content (AvgIpc) is 2.70. The van der Waals surface area contributed by atoms with Crippen molar-refractivity contribution in [1.29, 1.82) is 0 Å². The number of hydrogen-bond donors (Lipinski definition) is 1. The lowest BCUT2D eigenvalue weighted by Crippen LogP contribution is -2.37. The summed E-state index contributed by atoms with van der Waals surface area (Å²) in [7, 11) is -2.28. The van der Waals surface area contributed by atoms with Gasteiger partial charge in [-0.2, -0.15) is 0 Å². The van der Waals surface area contributed by atoms with Gasteiger partial charge in [0.15, 0.2) is 0 Å². The smallest absolute Gasteiger partial charge is 0.264 e. The molecular formula is C22H30N2O4S. The second kappa shape index (κ2) is 9.78. The van der Waals surface area contributed by atoms with Gasteiger partial charge in [-0.25, -0.2) is 8.42 Å². The van der Waals surface area contributed by atoms with Crippen molar-refractivity contribution < 1.29 is 17.9 Å². The number of anilines is 1. The van der Waals surface area contributed by atoms with E-state index in [-0.39, 0.29) is 29.8 Å². The summed E-state index contributed by atoms with van der Waals surface area (Å²) >= 11 is 0. The van der Waals surface area contributed by atoms with Crippen LogP contribution in [0.1, 0.15) is 37.8 Å². The van der Waals surface area contributed by atoms with E-state index < -0.39 is 10.0 Å². The summed E-state index contributed by atoms with van der Waals surface area (Å²) < 4.78 is 33.3. The van der Waals surface area contributed by atoms with Gasteiger partial charge in [0.2, 0.25) is 5.91 Å². The number of amides is 1. The Bertz CT molecular complexity index is 940. The number of nitrogens with zero attached hydrogens (tertiary/aromatic N) is 1. The predicted molar refractivity (Wildman–Crippen MR) is 116 cm³/mol. The summed E-state index contributed by atoms with van der Waals surface area (Å²) in [6.07, 6.45) is 0.884. The largest absolute Gasteiger partial charge is 0.497 e. The molecular weight excluding hydrogens is 388 g/mol. The molecule has 0 fully saturated rings. The molecule has 2 aromatic carbocycles. The minimum Gasteiger partial charge on any atom is -0.497 e. The Morgan fingerprint density at radius 1 is 1.10 bits per heavy atom. The SMILES string of the molecule is CCC(C)NC(=O)CCN(c1ccc(OC)cc1)S(=O)(=O)c1ccc(C)c(C)c1. The minimum absolute atomic E-state index is 0.0455. The Hall–Kier alpha value is -2.54. The maximum absolute atomic E-state index is 13.4. The number of methoxy groups -OCH3 is 1. The van der Waals surface area contributed by atoms with Crippen molar-refractivity contribution in [2.24, 2.45) is 0 Å². The van der Waals surface area contributed by atoms with Gasteiger partial charge >= 0.3 is 0 Å². The van der Waals surface area contributed by atoms with Gasteiger partial charge in [-0.05, 0) is 74.7 Å².